The first-order valence-corrected chi connectivity index (χ1v) is 9.74. The van der Waals surface area contributed by atoms with Crippen molar-refractivity contribution in [1.29, 1.82) is 0 Å². The van der Waals surface area contributed by atoms with Gasteiger partial charge in [-0.05, 0) is 79.4 Å². The fourth-order valence-electron chi connectivity index (χ4n) is 2.97. The second-order valence-electron chi connectivity index (χ2n) is 7.09. The van der Waals surface area contributed by atoms with E-state index >= 15 is 0 Å². The summed E-state index contributed by atoms with van der Waals surface area (Å²) in [6, 6.07) is 19.2. The van der Waals surface area contributed by atoms with Crippen molar-refractivity contribution in [2.24, 2.45) is 4.99 Å². The average molecular weight is 402 g/mol. The predicted molar refractivity (Wildman–Crippen MR) is 121 cm³/mol. The quantitative estimate of drug-likeness (QED) is 0.539. The number of anilines is 1. The summed E-state index contributed by atoms with van der Waals surface area (Å²) < 4.78 is 11.1. The van der Waals surface area contributed by atoms with Crippen LogP contribution in [0.4, 0.5) is 11.4 Å². The van der Waals surface area contributed by atoms with Gasteiger partial charge in [0.05, 0.1) is 12.8 Å². The Morgan fingerprint density at radius 3 is 2.57 bits per heavy atom. The number of aliphatic imine (C=N–C) groups is 1. The number of nitrogens with zero attached hydrogens (tertiary/aromatic N) is 1. The Morgan fingerprint density at radius 2 is 1.80 bits per heavy atom. The van der Waals surface area contributed by atoms with Crippen LogP contribution in [-0.2, 0) is 4.79 Å². The van der Waals surface area contributed by atoms with Crippen molar-refractivity contribution in [2.45, 2.75) is 20.8 Å². The summed E-state index contributed by atoms with van der Waals surface area (Å²) in [5.41, 5.74) is 5.99. The number of carbonyl (C=O) groups excluding carboxylic acids is 1. The zero-order valence-corrected chi connectivity index (χ0v) is 17.7. The summed E-state index contributed by atoms with van der Waals surface area (Å²) >= 11 is 0. The summed E-state index contributed by atoms with van der Waals surface area (Å²) in [5.74, 6) is 0.812. The molecule has 1 amide bonds. The Balaban J connectivity index is 1.66. The van der Waals surface area contributed by atoms with Gasteiger partial charge in [-0.25, -0.2) is 0 Å². The number of nitrogens with one attached hydrogen (secondary N) is 1. The molecule has 5 heteroatoms. The lowest BCUT2D eigenvalue weighted by molar-refractivity contribution is -0.118. The Hall–Kier alpha value is -3.60. The van der Waals surface area contributed by atoms with Gasteiger partial charge in [0.2, 0.25) is 0 Å². The van der Waals surface area contributed by atoms with Crippen LogP contribution in [0.2, 0.25) is 0 Å². The second kappa shape index (κ2) is 9.74. The minimum atomic E-state index is -0.233. The molecule has 0 atom stereocenters. The van der Waals surface area contributed by atoms with Gasteiger partial charge >= 0.3 is 0 Å². The average Bonchev–Trinajstić information content (AvgIpc) is 2.73. The number of hydrogen-bond donors (Lipinski definition) is 1. The van der Waals surface area contributed by atoms with E-state index in [1.807, 2.05) is 55.5 Å². The third-order valence-electron chi connectivity index (χ3n) is 4.78. The number of aryl methyl sites for hydroxylation is 2. The zero-order chi connectivity index (χ0) is 21.5. The Kier molecular flexibility index (Phi) is 6.86. The number of ether oxygens (including phenoxy) is 2. The van der Waals surface area contributed by atoms with E-state index in [9.17, 15) is 4.79 Å². The van der Waals surface area contributed by atoms with Crippen LogP contribution in [0.15, 0.2) is 65.7 Å². The van der Waals surface area contributed by atoms with Crippen LogP contribution in [-0.4, -0.2) is 25.8 Å². The summed E-state index contributed by atoms with van der Waals surface area (Å²) in [5, 5.41) is 2.82. The molecule has 5 nitrogen and oxygen atoms in total. The van der Waals surface area contributed by atoms with Crippen LogP contribution in [0.5, 0.6) is 11.5 Å². The molecular formula is C25H26N2O3. The summed E-state index contributed by atoms with van der Waals surface area (Å²) in [6.07, 6.45) is 1.79. The summed E-state index contributed by atoms with van der Waals surface area (Å²) in [6.45, 7) is 5.99. The molecule has 154 valence electrons. The highest BCUT2D eigenvalue weighted by Crippen LogP contribution is 2.28. The highest BCUT2D eigenvalue weighted by molar-refractivity contribution is 5.92. The fourth-order valence-corrected chi connectivity index (χ4v) is 2.97. The van der Waals surface area contributed by atoms with Crippen molar-refractivity contribution in [3.63, 3.8) is 0 Å². The molecule has 0 unspecified atom stereocenters. The molecule has 0 aliphatic heterocycles. The first-order chi connectivity index (χ1) is 14.5. The van der Waals surface area contributed by atoms with Gasteiger partial charge in [-0.3, -0.25) is 9.79 Å². The van der Waals surface area contributed by atoms with Crippen molar-refractivity contribution < 1.29 is 14.3 Å². The van der Waals surface area contributed by atoms with Crippen LogP contribution < -0.4 is 14.8 Å². The first-order valence-electron chi connectivity index (χ1n) is 9.74. The molecule has 0 aliphatic carbocycles. The van der Waals surface area contributed by atoms with Gasteiger partial charge < -0.3 is 14.8 Å². The first kappa shape index (κ1) is 21.1. The minimum Gasteiger partial charge on any atom is -0.493 e. The number of amides is 1. The maximum absolute atomic E-state index is 12.2. The van der Waals surface area contributed by atoms with Crippen LogP contribution in [0.3, 0.4) is 0 Å². The van der Waals surface area contributed by atoms with E-state index in [1.165, 1.54) is 5.56 Å². The molecule has 0 aliphatic rings. The lowest BCUT2D eigenvalue weighted by Gasteiger charge is -2.12. The Bertz CT molecular complexity index is 1070. The molecule has 0 saturated heterocycles. The predicted octanol–water partition coefficient (Wildman–Crippen LogP) is 5.39. The summed E-state index contributed by atoms with van der Waals surface area (Å²) in [4.78, 5) is 16.8. The lowest BCUT2D eigenvalue weighted by Crippen LogP contribution is -2.20. The van der Waals surface area contributed by atoms with Gasteiger partial charge in [-0.15, -0.1) is 0 Å². The van der Waals surface area contributed by atoms with Gasteiger partial charge in [0.1, 0.15) is 0 Å². The highest BCUT2D eigenvalue weighted by Gasteiger charge is 2.09. The van der Waals surface area contributed by atoms with E-state index in [-0.39, 0.29) is 12.5 Å². The van der Waals surface area contributed by atoms with Crippen LogP contribution in [0.25, 0.3) is 0 Å². The monoisotopic (exact) mass is 402 g/mol. The smallest absolute Gasteiger partial charge is 0.262 e. The lowest BCUT2D eigenvalue weighted by atomic mass is 10.1. The maximum atomic E-state index is 12.2. The number of methoxy groups -OCH3 is 1. The Labute approximate surface area is 177 Å². The van der Waals surface area contributed by atoms with Gasteiger partial charge in [0.25, 0.3) is 5.91 Å². The molecule has 3 aromatic rings. The second-order valence-corrected chi connectivity index (χ2v) is 7.09. The topological polar surface area (TPSA) is 59.9 Å². The van der Waals surface area contributed by atoms with Gasteiger partial charge in [-0.1, -0.05) is 24.3 Å². The van der Waals surface area contributed by atoms with Crippen molar-refractivity contribution in [3.05, 3.63) is 82.9 Å². The molecule has 0 fully saturated rings. The molecule has 3 aromatic carbocycles. The molecule has 0 spiro atoms. The molecule has 30 heavy (non-hydrogen) atoms. The number of rotatable bonds is 7. The SMILES string of the molecule is COc1cc(C=Nc2cccc(C)c2C)ccc1OCC(=O)Nc1cccc(C)c1. The standard InChI is InChI=1S/C25H26N2O3/c1-17-7-5-9-21(13-17)27-25(28)16-30-23-12-11-20(14-24(23)29-4)15-26-22-10-6-8-18(2)19(22)3/h5-15H,16H2,1-4H3,(H,27,28). The molecular weight excluding hydrogens is 376 g/mol. The third-order valence-corrected chi connectivity index (χ3v) is 4.78. The molecule has 1 N–H and O–H groups in total. The van der Waals surface area contributed by atoms with Gasteiger partial charge in [-0.2, -0.15) is 0 Å². The maximum Gasteiger partial charge on any atom is 0.262 e. The summed E-state index contributed by atoms with van der Waals surface area (Å²) in [7, 11) is 1.57. The molecule has 0 saturated carbocycles. The zero-order valence-electron chi connectivity index (χ0n) is 17.7. The number of hydrogen-bond acceptors (Lipinski definition) is 4. The molecule has 0 bridgehead atoms. The largest absolute Gasteiger partial charge is 0.493 e. The van der Waals surface area contributed by atoms with Gasteiger partial charge in [0, 0.05) is 11.9 Å². The normalized spacial score (nSPS) is 10.8. The fraction of sp³-hybridized carbons (Fsp3) is 0.200. The Morgan fingerprint density at radius 1 is 1.00 bits per heavy atom. The van der Waals surface area contributed by atoms with E-state index in [1.54, 1.807) is 19.4 Å². The minimum absolute atomic E-state index is 0.111. The van der Waals surface area contributed by atoms with Crippen molar-refractivity contribution >= 4 is 23.5 Å². The molecule has 0 aromatic heterocycles. The van der Waals surface area contributed by atoms with Crippen LogP contribution in [0.1, 0.15) is 22.3 Å². The van der Waals surface area contributed by atoms with E-state index in [0.29, 0.717) is 11.5 Å². The van der Waals surface area contributed by atoms with Crippen molar-refractivity contribution in [3.8, 4) is 11.5 Å². The molecule has 0 heterocycles. The van der Waals surface area contributed by atoms with Crippen molar-refractivity contribution in [2.75, 3.05) is 19.0 Å². The van der Waals surface area contributed by atoms with Gasteiger partial charge in [0.15, 0.2) is 18.1 Å². The molecule has 3 rings (SSSR count). The highest BCUT2D eigenvalue weighted by atomic mass is 16.5. The van der Waals surface area contributed by atoms with E-state index in [0.717, 1.165) is 28.1 Å². The van der Waals surface area contributed by atoms with Crippen LogP contribution >= 0.6 is 0 Å². The number of benzene rings is 3. The van der Waals surface area contributed by atoms with Crippen molar-refractivity contribution in [1.82, 2.24) is 0 Å². The van der Waals surface area contributed by atoms with E-state index in [2.05, 4.69) is 30.2 Å². The van der Waals surface area contributed by atoms with Crippen LogP contribution in [0, 0.1) is 20.8 Å². The molecule has 0 radical (unpaired) electrons. The third kappa shape index (κ3) is 5.47. The van der Waals surface area contributed by atoms with E-state index in [4.69, 9.17) is 9.47 Å². The van der Waals surface area contributed by atoms with E-state index < -0.39 is 0 Å². The number of carbonyl (C=O) groups is 1.